The number of rotatable bonds is 3. The average molecular weight is 334 g/mol. The van der Waals surface area contributed by atoms with Gasteiger partial charge in [0.15, 0.2) is 0 Å². The minimum atomic E-state index is -0.407. The molecule has 1 aromatic heterocycles. The van der Waals surface area contributed by atoms with Gasteiger partial charge in [-0.3, -0.25) is 9.59 Å². The van der Waals surface area contributed by atoms with Crippen molar-refractivity contribution < 1.29 is 9.59 Å². The number of hydrogen-bond acceptors (Lipinski definition) is 7. The zero-order chi connectivity index (χ0) is 15.7. The van der Waals surface area contributed by atoms with Crippen molar-refractivity contribution in [3.63, 3.8) is 0 Å². The van der Waals surface area contributed by atoms with Crippen LogP contribution >= 0.6 is 22.9 Å². The highest BCUT2D eigenvalue weighted by atomic mass is 35.5. The van der Waals surface area contributed by atoms with Gasteiger partial charge in [0.25, 0.3) is 16.9 Å². The molecule has 22 heavy (non-hydrogen) atoms. The van der Waals surface area contributed by atoms with Crippen LogP contribution in [0.1, 0.15) is 5.01 Å². The van der Waals surface area contributed by atoms with Crippen LogP contribution in [0.4, 0.5) is 16.5 Å². The molecule has 1 aliphatic rings. The van der Waals surface area contributed by atoms with E-state index < -0.39 is 11.8 Å². The summed E-state index contributed by atoms with van der Waals surface area (Å²) >= 11 is 7.35. The number of aryl methyl sites for hydroxylation is 1. The molecule has 2 amide bonds. The van der Waals surface area contributed by atoms with Crippen LogP contribution in [0.15, 0.2) is 40.6 Å². The maximum absolute atomic E-state index is 11.7. The van der Waals surface area contributed by atoms with Crippen molar-refractivity contribution in [1.82, 2.24) is 10.2 Å². The number of anilines is 1. The van der Waals surface area contributed by atoms with Gasteiger partial charge in [-0.15, -0.1) is 20.4 Å². The molecule has 0 saturated carbocycles. The lowest BCUT2D eigenvalue weighted by molar-refractivity contribution is -0.119. The first-order chi connectivity index (χ1) is 10.5. The van der Waals surface area contributed by atoms with Gasteiger partial charge >= 0.3 is 0 Å². The second-order valence-electron chi connectivity index (χ2n) is 4.28. The molecule has 0 spiro atoms. The third-order valence-corrected chi connectivity index (χ3v) is 3.80. The molecule has 0 saturated heterocycles. The van der Waals surface area contributed by atoms with Crippen LogP contribution in [-0.2, 0) is 9.59 Å². The molecule has 3 rings (SSSR count). The van der Waals surface area contributed by atoms with Crippen molar-refractivity contribution in [3.8, 4) is 0 Å². The van der Waals surface area contributed by atoms with Gasteiger partial charge in [-0.1, -0.05) is 22.9 Å². The second kappa shape index (κ2) is 5.74. The van der Waals surface area contributed by atoms with Gasteiger partial charge < -0.3 is 0 Å². The molecule has 9 heteroatoms. The van der Waals surface area contributed by atoms with Gasteiger partial charge in [0.2, 0.25) is 0 Å². The Morgan fingerprint density at radius 2 is 1.86 bits per heavy atom. The zero-order valence-electron chi connectivity index (χ0n) is 11.2. The fourth-order valence-corrected chi connectivity index (χ4v) is 2.46. The van der Waals surface area contributed by atoms with Crippen LogP contribution in [0.5, 0.6) is 0 Å². The van der Waals surface area contributed by atoms with E-state index in [0.717, 1.165) is 9.91 Å². The van der Waals surface area contributed by atoms with Gasteiger partial charge in [-0.2, -0.15) is 0 Å². The number of nitrogens with zero attached hydrogens (tertiary/aromatic N) is 5. The highest BCUT2D eigenvalue weighted by Crippen LogP contribution is 2.32. The number of halogens is 1. The van der Waals surface area contributed by atoms with E-state index in [1.807, 2.05) is 6.92 Å². The molecule has 0 radical (unpaired) electrons. The Balaban J connectivity index is 1.92. The van der Waals surface area contributed by atoms with Crippen LogP contribution in [-0.4, -0.2) is 22.0 Å². The van der Waals surface area contributed by atoms with Crippen LogP contribution in [0, 0.1) is 6.92 Å². The predicted octanol–water partition coefficient (Wildman–Crippen LogP) is 3.34. The lowest BCUT2D eigenvalue weighted by atomic mass is 10.2. The summed E-state index contributed by atoms with van der Waals surface area (Å²) in [4.78, 5) is 24.4. The maximum Gasteiger partial charge on any atom is 0.258 e. The number of benzene rings is 1. The van der Waals surface area contributed by atoms with Gasteiger partial charge in [0, 0.05) is 12.2 Å². The molecule has 1 aromatic carbocycles. The number of amides is 2. The first-order valence-corrected chi connectivity index (χ1v) is 7.31. The Kier molecular flexibility index (Phi) is 3.78. The van der Waals surface area contributed by atoms with Crippen molar-refractivity contribution in [3.05, 3.63) is 40.4 Å². The van der Waals surface area contributed by atoms with E-state index in [9.17, 15) is 9.59 Å². The summed E-state index contributed by atoms with van der Waals surface area (Å²) in [6.45, 7) is 1.81. The molecule has 0 N–H and O–H groups in total. The summed E-state index contributed by atoms with van der Waals surface area (Å²) in [6.07, 6.45) is 2.42. The first kappa shape index (κ1) is 14.5. The minimum Gasteiger partial charge on any atom is -0.269 e. The van der Waals surface area contributed by atoms with Gasteiger partial charge in [0.05, 0.1) is 10.7 Å². The van der Waals surface area contributed by atoms with Crippen LogP contribution in [0.2, 0.25) is 5.02 Å². The molecular weight excluding hydrogens is 326 g/mol. The molecule has 0 aliphatic carbocycles. The minimum absolute atomic E-state index is 0.333. The van der Waals surface area contributed by atoms with Gasteiger partial charge in [0.1, 0.15) is 10.7 Å². The van der Waals surface area contributed by atoms with E-state index in [4.69, 9.17) is 11.6 Å². The fraction of sp³-hybridized carbons (Fsp3) is 0.0769. The van der Waals surface area contributed by atoms with Gasteiger partial charge in [-0.05, 0) is 25.1 Å². The summed E-state index contributed by atoms with van der Waals surface area (Å²) in [7, 11) is 0. The zero-order valence-corrected chi connectivity index (χ0v) is 12.8. The van der Waals surface area contributed by atoms with Crippen molar-refractivity contribution in [2.75, 3.05) is 4.90 Å². The molecule has 7 nitrogen and oxygen atoms in total. The highest BCUT2D eigenvalue weighted by Gasteiger charge is 2.25. The summed E-state index contributed by atoms with van der Waals surface area (Å²) in [5, 5.41) is 17.1. The van der Waals surface area contributed by atoms with Crippen molar-refractivity contribution in [2.45, 2.75) is 6.92 Å². The standard InChI is InChI=1S/C13H8ClN5O2S/c1-7-15-17-13(22-7)18-16-10-6-8(2-3-9(10)14)19-11(20)4-5-12(19)21/h2-6H,1H3. The second-order valence-corrected chi connectivity index (χ2v) is 5.85. The van der Waals surface area contributed by atoms with Crippen molar-refractivity contribution in [2.24, 2.45) is 10.2 Å². The van der Waals surface area contributed by atoms with E-state index in [2.05, 4.69) is 20.4 Å². The average Bonchev–Trinajstić information content (AvgIpc) is 3.05. The number of azo groups is 1. The Bertz CT molecular complexity index is 812. The normalized spacial score (nSPS) is 14.5. The van der Waals surface area contributed by atoms with Crippen LogP contribution in [0.25, 0.3) is 0 Å². The molecule has 2 heterocycles. The number of hydrogen-bond donors (Lipinski definition) is 0. The molecule has 0 bridgehead atoms. The van der Waals surface area contributed by atoms with Gasteiger partial charge in [-0.25, -0.2) is 4.90 Å². The lowest BCUT2D eigenvalue weighted by Crippen LogP contribution is -2.29. The van der Waals surface area contributed by atoms with Crippen LogP contribution < -0.4 is 4.90 Å². The number of carbonyl (C=O) groups excluding carboxylic acids is 2. The molecule has 1 aliphatic heterocycles. The number of aromatic nitrogens is 2. The monoisotopic (exact) mass is 333 g/mol. The smallest absolute Gasteiger partial charge is 0.258 e. The molecule has 0 unspecified atom stereocenters. The summed E-state index contributed by atoms with van der Waals surface area (Å²) in [6, 6.07) is 4.64. The largest absolute Gasteiger partial charge is 0.269 e. The Morgan fingerprint density at radius 1 is 1.14 bits per heavy atom. The highest BCUT2D eigenvalue weighted by molar-refractivity contribution is 7.14. The van der Waals surface area contributed by atoms with E-state index in [-0.39, 0.29) is 0 Å². The summed E-state index contributed by atoms with van der Waals surface area (Å²) in [5.41, 5.74) is 0.714. The van der Waals surface area contributed by atoms with E-state index in [1.165, 1.54) is 29.6 Å². The molecular formula is C13H8ClN5O2S. The number of carbonyl (C=O) groups is 2. The van der Waals surface area contributed by atoms with Crippen molar-refractivity contribution in [1.29, 1.82) is 0 Å². The predicted molar refractivity (Wildman–Crippen MR) is 81.9 cm³/mol. The maximum atomic E-state index is 11.7. The van der Waals surface area contributed by atoms with E-state index in [1.54, 1.807) is 12.1 Å². The molecule has 2 aromatic rings. The lowest BCUT2D eigenvalue weighted by Gasteiger charge is -2.14. The van der Waals surface area contributed by atoms with Crippen molar-refractivity contribution >= 4 is 51.3 Å². The third-order valence-electron chi connectivity index (χ3n) is 2.76. The Hall–Kier alpha value is -2.45. The SMILES string of the molecule is Cc1nnc(N=Nc2cc(N3C(=O)C=CC3=O)ccc2Cl)s1. The first-order valence-electron chi connectivity index (χ1n) is 6.12. The topological polar surface area (TPSA) is 87.9 Å². The molecule has 0 fully saturated rings. The molecule has 110 valence electrons. The van der Waals surface area contributed by atoms with E-state index in [0.29, 0.717) is 21.5 Å². The number of imide groups is 1. The molecule has 0 atom stereocenters. The quantitative estimate of drug-likeness (QED) is 0.636. The summed E-state index contributed by atoms with van der Waals surface area (Å²) in [5.74, 6) is -0.815. The fourth-order valence-electron chi connectivity index (χ4n) is 1.79. The Morgan fingerprint density at radius 3 is 2.50 bits per heavy atom. The summed E-state index contributed by atoms with van der Waals surface area (Å²) < 4.78 is 0. The van der Waals surface area contributed by atoms with E-state index >= 15 is 0 Å². The Labute approximate surface area is 133 Å². The third kappa shape index (κ3) is 2.78. The van der Waals surface area contributed by atoms with Crippen LogP contribution in [0.3, 0.4) is 0 Å².